The molecule has 1 fully saturated rings. The van der Waals surface area contributed by atoms with Crippen LogP contribution >= 0.6 is 24.0 Å². The zero-order chi connectivity index (χ0) is 19.8. The summed E-state index contributed by atoms with van der Waals surface area (Å²) >= 11 is 0. The minimum absolute atomic E-state index is 0. The van der Waals surface area contributed by atoms with Gasteiger partial charge in [-0.25, -0.2) is 0 Å². The summed E-state index contributed by atoms with van der Waals surface area (Å²) in [6.45, 7) is 8.03. The number of aliphatic hydroxyl groups is 1. The van der Waals surface area contributed by atoms with Gasteiger partial charge in [0.05, 0.1) is 25.0 Å². The predicted molar refractivity (Wildman–Crippen MR) is 128 cm³/mol. The van der Waals surface area contributed by atoms with Crippen LogP contribution in [0.5, 0.6) is 0 Å². The highest BCUT2D eigenvalue weighted by atomic mass is 127. The number of nitrogens with one attached hydrogen (secondary N) is 2. The Bertz CT molecular complexity index is 728. The first-order valence-electron chi connectivity index (χ1n) is 10.2. The molecule has 2 aromatic rings. The van der Waals surface area contributed by atoms with Crippen molar-refractivity contribution in [1.82, 2.24) is 15.5 Å². The number of aliphatic hydroxyl groups excluding tert-OH is 1. The van der Waals surface area contributed by atoms with Crippen molar-refractivity contribution in [2.24, 2.45) is 4.99 Å². The summed E-state index contributed by atoms with van der Waals surface area (Å²) in [4.78, 5) is 7.21. The van der Waals surface area contributed by atoms with E-state index in [1.54, 1.807) is 6.26 Å². The number of nitrogens with zero attached hydrogens (tertiary/aromatic N) is 2. The number of aryl methyl sites for hydroxylation is 1. The molecule has 2 atom stereocenters. The lowest BCUT2D eigenvalue weighted by molar-refractivity contribution is 0.180. The normalized spacial score (nSPS) is 16.9. The summed E-state index contributed by atoms with van der Waals surface area (Å²) in [5.41, 5.74) is 2.09. The second kappa shape index (κ2) is 12.2. The molecule has 3 rings (SSSR count). The number of aliphatic imine (C=N–C) groups is 1. The van der Waals surface area contributed by atoms with Gasteiger partial charge in [-0.05, 0) is 57.5 Å². The van der Waals surface area contributed by atoms with Crippen LogP contribution in [-0.4, -0.2) is 48.7 Å². The lowest BCUT2D eigenvalue weighted by Gasteiger charge is -2.25. The van der Waals surface area contributed by atoms with Gasteiger partial charge in [-0.1, -0.05) is 29.8 Å². The van der Waals surface area contributed by atoms with Crippen LogP contribution in [-0.2, 0) is 0 Å². The van der Waals surface area contributed by atoms with Crippen molar-refractivity contribution >= 4 is 29.9 Å². The third-order valence-corrected chi connectivity index (χ3v) is 5.14. The number of guanidine groups is 1. The van der Waals surface area contributed by atoms with Crippen LogP contribution in [0.4, 0.5) is 0 Å². The molecule has 0 amide bonds. The molecule has 0 bridgehead atoms. The van der Waals surface area contributed by atoms with Crippen LogP contribution in [0.25, 0.3) is 0 Å². The van der Waals surface area contributed by atoms with E-state index in [2.05, 4.69) is 15.5 Å². The Morgan fingerprint density at radius 1 is 1.17 bits per heavy atom. The molecular weight excluding hydrogens is 479 g/mol. The Morgan fingerprint density at radius 3 is 2.52 bits per heavy atom. The topological polar surface area (TPSA) is 73.0 Å². The van der Waals surface area contributed by atoms with Gasteiger partial charge in [-0.3, -0.25) is 9.89 Å². The van der Waals surface area contributed by atoms with Gasteiger partial charge in [-0.2, -0.15) is 0 Å². The lowest BCUT2D eigenvalue weighted by atomic mass is 10.1. The number of likely N-dealkylation sites (tertiary alicyclic amines) is 1. The SMILES string of the molecule is CCNC(=NCC(c1ccco1)N1CCCC1)NCC(O)c1ccc(C)cc1.I. The Labute approximate surface area is 190 Å². The Kier molecular flexibility index (Phi) is 9.96. The summed E-state index contributed by atoms with van der Waals surface area (Å²) in [5.74, 6) is 1.67. The first kappa shape index (κ1) is 23.7. The monoisotopic (exact) mass is 512 g/mol. The van der Waals surface area contributed by atoms with Gasteiger partial charge >= 0.3 is 0 Å². The van der Waals surface area contributed by atoms with E-state index >= 15 is 0 Å². The molecule has 2 heterocycles. The number of furan rings is 1. The largest absolute Gasteiger partial charge is 0.468 e. The van der Waals surface area contributed by atoms with Crippen molar-refractivity contribution in [1.29, 1.82) is 0 Å². The van der Waals surface area contributed by atoms with Gasteiger partial charge in [0, 0.05) is 13.1 Å². The van der Waals surface area contributed by atoms with Crippen LogP contribution in [0.2, 0.25) is 0 Å². The molecule has 2 unspecified atom stereocenters. The van der Waals surface area contributed by atoms with Crippen molar-refractivity contribution in [3.05, 3.63) is 59.5 Å². The summed E-state index contributed by atoms with van der Waals surface area (Å²) in [5, 5.41) is 17.0. The van der Waals surface area contributed by atoms with Crippen LogP contribution in [0.3, 0.4) is 0 Å². The highest BCUT2D eigenvalue weighted by molar-refractivity contribution is 14.0. The van der Waals surface area contributed by atoms with E-state index in [0.717, 1.165) is 31.0 Å². The first-order valence-corrected chi connectivity index (χ1v) is 10.2. The van der Waals surface area contributed by atoms with Crippen LogP contribution in [0, 0.1) is 6.92 Å². The first-order chi connectivity index (χ1) is 13.7. The van der Waals surface area contributed by atoms with Gasteiger partial charge in [0.2, 0.25) is 0 Å². The van der Waals surface area contributed by atoms with E-state index in [0.29, 0.717) is 19.0 Å². The molecule has 0 radical (unpaired) electrons. The van der Waals surface area contributed by atoms with Gasteiger partial charge in [0.15, 0.2) is 5.96 Å². The van der Waals surface area contributed by atoms with Crippen molar-refractivity contribution in [2.45, 2.75) is 38.8 Å². The minimum Gasteiger partial charge on any atom is -0.468 e. The number of rotatable bonds is 8. The smallest absolute Gasteiger partial charge is 0.191 e. The maximum Gasteiger partial charge on any atom is 0.191 e. The number of benzene rings is 1. The highest BCUT2D eigenvalue weighted by Crippen LogP contribution is 2.25. The molecule has 3 N–H and O–H groups in total. The Hall–Kier alpha value is -1.58. The Morgan fingerprint density at radius 2 is 1.90 bits per heavy atom. The van der Waals surface area contributed by atoms with E-state index in [1.807, 2.05) is 50.2 Å². The van der Waals surface area contributed by atoms with Crippen molar-refractivity contribution in [3.63, 3.8) is 0 Å². The average molecular weight is 512 g/mol. The van der Waals surface area contributed by atoms with Gasteiger partial charge < -0.3 is 20.2 Å². The molecule has 6 nitrogen and oxygen atoms in total. The van der Waals surface area contributed by atoms with Gasteiger partial charge in [0.25, 0.3) is 0 Å². The molecule has 1 aliphatic heterocycles. The molecule has 1 saturated heterocycles. The van der Waals surface area contributed by atoms with E-state index in [9.17, 15) is 5.11 Å². The summed E-state index contributed by atoms with van der Waals surface area (Å²) in [6, 6.07) is 12.1. The third kappa shape index (κ3) is 7.01. The van der Waals surface area contributed by atoms with Crippen molar-refractivity contribution in [3.8, 4) is 0 Å². The second-order valence-electron chi connectivity index (χ2n) is 7.30. The van der Waals surface area contributed by atoms with Crippen LogP contribution < -0.4 is 10.6 Å². The fourth-order valence-corrected chi connectivity index (χ4v) is 3.54. The molecule has 29 heavy (non-hydrogen) atoms. The zero-order valence-corrected chi connectivity index (χ0v) is 19.6. The number of halogens is 1. The molecule has 0 spiro atoms. The molecule has 1 aliphatic rings. The number of hydrogen-bond donors (Lipinski definition) is 3. The van der Waals surface area contributed by atoms with Crippen LogP contribution in [0.15, 0.2) is 52.1 Å². The standard InChI is InChI=1S/C22H32N4O2.HI/c1-3-23-22(25-16-20(27)18-10-8-17(2)9-11-18)24-15-19(21-7-6-14-28-21)26-12-4-5-13-26;/h6-11,14,19-20,27H,3-5,12-13,15-16H2,1-2H3,(H2,23,24,25);1H. The maximum atomic E-state index is 10.5. The fraction of sp³-hybridized carbons (Fsp3) is 0.500. The molecule has 7 heteroatoms. The fourth-order valence-electron chi connectivity index (χ4n) is 3.54. The molecule has 0 saturated carbocycles. The van der Waals surface area contributed by atoms with Crippen LogP contribution in [0.1, 0.15) is 48.8 Å². The third-order valence-electron chi connectivity index (χ3n) is 5.14. The summed E-state index contributed by atoms with van der Waals surface area (Å²) in [7, 11) is 0. The molecule has 1 aromatic heterocycles. The predicted octanol–water partition coefficient (Wildman–Crippen LogP) is 3.63. The van der Waals surface area contributed by atoms with E-state index < -0.39 is 6.10 Å². The summed E-state index contributed by atoms with van der Waals surface area (Å²) in [6.07, 6.45) is 3.59. The van der Waals surface area contributed by atoms with E-state index in [1.165, 1.54) is 18.4 Å². The van der Waals surface area contributed by atoms with Crippen molar-refractivity contribution in [2.75, 3.05) is 32.7 Å². The second-order valence-corrected chi connectivity index (χ2v) is 7.30. The average Bonchev–Trinajstić information content (AvgIpc) is 3.41. The molecule has 1 aromatic carbocycles. The number of hydrogen-bond acceptors (Lipinski definition) is 4. The zero-order valence-electron chi connectivity index (χ0n) is 17.3. The van der Waals surface area contributed by atoms with Gasteiger partial charge in [-0.15, -0.1) is 24.0 Å². The van der Waals surface area contributed by atoms with E-state index in [4.69, 9.17) is 9.41 Å². The maximum absolute atomic E-state index is 10.5. The Balaban J connectivity index is 0.00000300. The quantitative estimate of drug-likeness (QED) is 0.286. The summed E-state index contributed by atoms with van der Waals surface area (Å²) < 4.78 is 5.67. The van der Waals surface area contributed by atoms with E-state index in [-0.39, 0.29) is 30.0 Å². The van der Waals surface area contributed by atoms with Crippen molar-refractivity contribution < 1.29 is 9.52 Å². The minimum atomic E-state index is -0.580. The van der Waals surface area contributed by atoms with Gasteiger partial charge in [0.1, 0.15) is 5.76 Å². The lowest BCUT2D eigenvalue weighted by Crippen LogP contribution is -2.40. The highest BCUT2D eigenvalue weighted by Gasteiger charge is 2.25. The molecule has 0 aliphatic carbocycles. The molecular formula is C22H33IN4O2. The molecule has 160 valence electrons.